The summed E-state index contributed by atoms with van der Waals surface area (Å²) in [5, 5.41) is 2.07. The number of rotatable bonds is 7. The van der Waals surface area contributed by atoms with Gasteiger partial charge in [-0.2, -0.15) is 4.31 Å². The fourth-order valence-corrected chi connectivity index (χ4v) is 4.82. The number of ether oxygens (including phenoxy) is 1. The molecule has 0 spiro atoms. The number of carbonyl (C=O) groups is 1. The van der Waals surface area contributed by atoms with E-state index in [4.69, 9.17) is 4.74 Å². The lowest BCUT2D eigenvalue weighted by atomic mass is 10.4. The Bertz CT molecular complexity index is 861. The Kier molecular flexibility index (Phi) is 5.16. The minimum atomic E-state index is -3.76. The van der Waals surface area contributed by atoms with Crippen LogP contribution in [0, 0.1) is 5.82 Å². The number of benzene rings is 1. The van der Waals surface area contributed by atoms with Gasteiger partial charge in [0.25, 0.3) is 0 Å². The summed E-state index contributed by atoms with van der Waals surface area (Å²) in [5.74, 6) is -1.01. The number of aromatic nitrogens is 1. The van der Waals surface area contributed by atoms with Gasteiger partial charge in [0.05, 0.1) is 18.0 Å². The quantitative estimate of drug-likeness (QED) is 0.686. The summed E-state index contributed by atoms with van der Waals surface area (Å²) in [6, 6.07) is 4.67. The molecule has 1 saturated carbocycles. The van der Waals surface area contributed by atoms with Gasteiger partial charge >= 0.3 is 5.97 Å². The predicted molar refractivity (Wildman–Crippen MR) is 90.2 cm³/mol. The highest BCUT2D eigenvalue weighted by atomic mass is 32.2. The monoisotopic (exact) mass is 384 g/mol. The lowest BCUT2D eigenvalue weighted by molar-refractivity contribution is 0.0520. The van der Waals surface area contributed by atoms with Gasteiger partial charge in [0.2, 0.25) is 10.0 Å². The molecule has 0 amide bonds. The molecule has 0 unspecified atom stereocenters. The smallest absolute Gasteiger partial charge is 0.357 e. The first-order valence-electron chi connectivity index (χ1n) is 7.80. The topological polar surface area (TPSA) is 76.6 Å². The van der Waals surface area contributed by atoms with Crippen molar-refractivity contribution in [2.24, 2.45) is 0 Å². The normalized spacial score (nSPS) is 14.7. The summed E-state index contributed by atoms with van der Waals surface area (Å²) < 4.78 is 45.1. The van der Waals surface area contributed by atoms with Crippen molar-refractivity contribution in [3.05, 3.63) is 46.2 Å². The van der Waals surface area contributed by atoms with Gasteiger partial charge in [-0.15, -0.1) is 11.3 Å². The van der Waals surface area contributed by atoms with E-state index in [1.54, 1.807) is 12.3 Å². The zero-order valence-electron chi connectivity index (χ0n) is 13.5. The van der Waals surface area contributed by atoms with E-state index >= 15 is 0 Å². The lowest BCUT2D eigenvalue weighted by Crippen LogP contribution is -2.32. The molecular formula is C16H17FN2O4S2. The van der Waals surface area contributed by atoms with E-state index in [0.29, 0.717) is 5.01 Å². The third-order valence-electron chi connectivity index (χ3n) is 3.70. The summed E-state index contributed by atoms with van der Waals surface area (Å²) in [7, 11) is -3.76. The Morgan fingerprint density at radius 3 is 2.64 bits per heavy atom. The van der Waals surface area contributed by atoms with Crippen LogP contribution in [0.25, 0.3) is 0 Å². The van der Waals surface area contributed by atoms with Gasteiger partial charge in [-0.1, -0.05) is 0 Å². The van der Waals surface area contributed by atoms with E-state index in [2.05, 4.69) is 4.98 Å². The SMILES string of the molecule is CCOC(=O)c1csc(CN(C2CC2)S(=O)(=O)c2ccc(F)cc2)n1. The summed E-state index contributed by atoms with van der Waals surface area (Å²) in [5.41, 5.74) is 0.178. The molecule has 0 atom stereocenters. The molecule has 9 heteroatoms. The zero-order chi connectivity index (χ0) is 18.0. The third kappa shape index (κ3) is 4.05. The first kappa shape index (κ1) is 18.0. The Morgan fingerprint density at radius 2 is 2.04 bits per heavy atom. The molecule has 6 nitrogen and oxygen atoms in total. The maximum absolute atomic E-state index is 13.1. The molecule has 3 rings (SSSR count). The molecule has 0 aliphatic heterocycles. The van der Waals surface area contributed by atoms with Crippen molar-refractivity contribution in [1.82, 2.24) is 9.29 Å². The van der Waals surface area contributed by atoms with Gasteiger partial charge in [-0.3, -0.25) is 0 Å². The molecule has 2 aromatic rings. The number of hydrogen-bond acceptors (Lipinski definition) is 6. The van der Waals surface area contributed by atoms with Crippen LogP contribution >= 0.6 is 11.3 Å². The first-order chi connectivity index (χ1) is 11.9. The number of esters is 1. The highest BCUT2D eigenvalue weighted by Crippen LogP contribution is 2.34. The van der Waals surface area contributed by atoms with Crippen LogP contribution in [-0.4, -0.2) is 36.3 Å². The Morgan fingerprint density at radius 1 is 1.36 bits per heavy atom. The van der Waals surface area contributed by atoms with Crippen LogP contribution in [0.2, 0.25) is 0 Å². The summed E-state index contributed by atoms with van der Waals surface area (Å²) in [6.45, 7) is 2.03. The van der Waals surface area contributed by atoms with Gasteiger partial charge in [-0.05, 0) is 44.0 Å². The van der Waals surface area contributed by atoms with Crippen LogP contribution in [0.4, 0.5) is 4.39 Å². The fraction of sp³-hybridized carbons (Fsp3) is 0.375. The second kappa shape index (κ2) is 7.19. The van der Waals surface area contributed by atoms with Gasteiger partial charge in [0.15, 0.2) is 5.69 Å². The largest absolute Gasteiger partial charge is 0.461 e. The van der Waals surface area contributed by atoms with Crippen LogP contribution < -0.4 is 0 Å². The van der Waals surface area contributed by atoms with Gasteiger partial charge in [-0.25, -0.2) is 22.6 Å². The van der Waals surface area contributed by atoms with Crippen LogP contribution in [0.3, 0.4) is 0 Å². The van der Waals surface area contributed by atoms with Crippen molar-refractivity contribution < 1.29 is 22.3 Å². The summed E-state index contributed by atoms with van der Waals surface area (Å²) in [6.07, 6.45) is 1.55. The molecule has 134 valence electrons. The van der Waals surface area contributed by atoms with E-state index < -0.39 is 21.8 Å². The van der Waals surface area contributed by atoms with E-state index in [1.807, 2.05) is 0 Å². The number of thiazole rings is 1. The molecule has 1 heterocycles. The minimum absolute atomic E-state index is 0.0444. The fourth-order valence-electron chi connectivity index (χ4n) is 2.33. The number of nitrogens with zero attached hydrogens (tertiary/aromatic N) is 2. The van der Waals surface area contributed by atoms with E-state index in [1.165, 1.54) is 27.8 Å². The molecule has 1 aliphatic rings. The molecular weight excluding hydrogens is 367 g/mol. The van der Waals surface area contributed by atoms with Crippen molar-refractivity contribution >= 4 is 27.3 Å². The highest BCUT2D eigenvalue weighted by molar-refractivity contribution is 7.89. The summed E-state index contributed by atoms with van der Waals surface area (Å²) >= 11 is 1.21. The number of carbonyl (C=O) groups excluding carboxylic acids is 1. The number of halogens is 1. The zero-order valence-corrected chi connectivity index (χ0v) is 15.1. The van der Waals surface area contributed by atoms with Crippen LogP contribution in [-0.2, 0) is 21.3 Å². The van der Waals surface area contributed by atoms with Crippen molar-refractivity contribution in [3.63, 3.8) is 0 Å². The molecule has 25 heavy (non-hydrogen) atoms. The molecule has 1 aromatic carbocycles. The molecule has 0 radical (unpaired) electrons. The highest BCUT2D eigenvalue weighted by Gasteiger charge is 2.38. The first-order valence-corrected chi connectivity index (χ1v) is 10.1. The van der Waals surface area contributed by atoms with Crippen LogP contribution in [0.5, 0.6) is 0 Å². The maximum atomic E-state index is 13.1. The molecule has 1 aromatic heterocycles. The number of sulfonamides is 1. The predicted octanol–water partition coefficient (Wildman–Crippen LogP) is 2.81. The Hall–Kier alpha value is -1.84. The molecule has 0 bridgehead atoms. The average molecular weight is 384 g/mol. The van der Waals surface area contributed by atoms with E-state index in [9.17, 15) is 17.6 Å². The van der Waals surface area contributed by atoms with Crippen molar-refractivity contribution in [3.8, 4) is 0 Å². The van der Waals surface area contributed by atoms with Crippen LogP contribution in [0.15, 0.2) is 34.5 Å². The Labute approximate surface area is 149 Å². The molecule has 1 fully saturated rings. The van der Waals surface area contributed by atoms with Crippen molar-refractivity contribution in [2.45, 2.75) is 37.2 Å². The van der Waals surface area contributed by atoms with E-state index in [0.717, 1.165) is 25.0 Å². The Balaban J connectivity index is 1.82. The van der Waals surface area contributed by atoms with Crippen LogP contribution in [0.1, 0.15) is 35.3 Å². The molecule has 0 saturated heterocycles. The van der Waals surface area contributed by atoms with Gasteiger partial charge in [0, 0.05) is 11.4 Å². The third-order valence-corrected chi connectivity index (χ3v) is 6.45. The van der Waals surface area contributed by atoms with E-state index in [-0.39, 0.29) is 29.8 Å². The van der Waals surface area contributed by atoms with Crippen molar-refractivity contribution in [1.29, 1.82) is 0 Å². The molecule has 1 aliphatic carbocycles. The maximum Gasteiger partial charge on any atom is 0.357 e. The molecule has 0 N–H and O–H groups in total. The standard InChI is InChI=1S/C16H17FN2O4S2/c1-2-23-16(20)14-10-24-15(18-14)9-19(12-5-6-12)25(21,22)13-7-3-11(17)4-8-13/h3-4,7-8,10,12H,2,5-6,9H2,1H3. The van der Waals surface area contributed by atoms with Crippen molar-refractivity contribution in [2.75, 3.05) is 6.61 Å². The van der Waals surface area contributed by atoms with Gasteiger partial charge in [0.1, 0.15) is 10.8 Å². The second-order valence-corrected chi connectivity index (χ2v) is 8.42. The average Bonchev–Trinajstić information content (AvgIpc) is 3.30. The van der Waals surface area contributed by atoms with Gasteiger partial charge < -0.3 is 4.74 Å². The summed E-state index contributed by atoms with van der Waals surface area (Å²) in [4.78, 5) is 15.9. The lowest BCUT2D eigenvalue weighted by Gasteiger charge is -2.20. The second-order valence-electron chi connectivity index (χ2n) is 5.58. The minimum Gasteiger partial charge on any atom is -0.461 e. The number of hydrogen-bond donors (Lipinski definition) is 0.